The molecule has 0 aliphatic heterocycles. The summed E-state index contributed by atoms with van der Waals surface area (Å²) in [6.07, 6.45) is 7.22. The number of aromatic nitrogens is 4. The van der Waals surface area contributed by atoms with E-state index in [0.29, 0.717) is 18.3 Å². The fraction of sp³-hybridized carbons (Fsp3) is 0.684. The van der Waals surface area contributed by atoms with Crippen LogP contribution >= 0.6 is 11.8 Å². The van der Waals surface area contributed by atoms with Crippen molar-refractivity contribution in [2.24, 2.45) is 5.92 Å². The molecule has 27 heavy (non-hydrogen) atoms. The first kappa shape index (κ1) is 19.9. The molecule has 0 bridgehead atoms. The van der Waals surface area contributed by atoms with E-state index in [-0.39, 0.29) is 11.8 Å². The largest absolute Gasteiger partial charge is 0.369 e. The minimum Gasteiger partial charge on any atom is -0.369 e. The Balaban J connectivity index is 1.73. The molecule has 1 fully saturated rings. The zero-order valence-corrected chi connectivity index (χ0v) is 17.3. The van der Waals surface area contributed by atoms with Crippen molar-refractivity contribution in [2.75, 3.05) is 18.4 Å². The summed E-state index contributed by atoms with van der Waals surface area (Å²) in [7, 11) is 0. The molecule has 2 aromatic heterocycles. The molecule has 2 N–H and O–H groups in total. The van der Waals surface area contributed by atoms with Crippen LogP contribution in [0.15, 0.2) is 11.4 Å². The summed E-state index contributed by atoms with van der Waals surface area (Å²) in [6, 6.07) is 0. The maximum atomic E-state index is 12.2. The Labute approximate surface area is 165 Å². The summed E-state index contributed by atoms with van der Waals surface area (Å²) in [6.45, 7) is 8.44. The van der Waals surface area contributed by atoms with Crippen molar-refractivity contribution in [1.82, 2.24) is 25.1 Å². The van der Waals surface area contributed by atoms with Crippen molar-refractivity contribution in [2.45, 2.75) is 69.8 Å². The van der Waals surface area contributed by atoms with Gasteiger partial charge in [0.1, 0.15) is 5.82 Å². The van der Waals surface area contributed by atoms with Crippen molar-refractivity contribution < 1.29 is 4.79 Å². The van der Waals surface area contributed by atoms with Crippen LogP contribution in [0.1, 0.15) is 52.9 Å². The van der Waals surface area contributed by atoms with Crippen molar-refractivity contribution in [3.8, 4) is 0 Å². The quantitative estimate of drug-likeness (QED) is 0.504. The standard InChI is InChI=1S/C19H30N6OS/c1-4-9-20-16-15-12-22-25(17(15)24-19(23-16)27-13(2)3)11-10-21-18(26)14-7-5-6-8-14/h12-14H,4-11H2,1-3H3,(H,21,26)(H,20,23,24). The molecule has 148 valence electrons. The monoisotopic (exact) mass is 390 g/mol. The highest BCUT2D eigenvalue weighted by atomic mass is 32.2. The Kier molecular flexibility index (Phi) is 6.93. The van der Waals surface area contributed by atoms with Gasteiger partial charge in [0, 0.05) is 24.3 Å². The number of fused-ring (bicyclic) bond motifs is 1. The molecule has 2 aromatic rings. The van der Waals surface area contributed by atoms with E-state index in [1.165, 1.54) is 12.8 Å². The summed E-state index contributed by atoms with van der Waals surface area (Å²) >= 11 is 1.65. The van der Waals surface area contributed by atoms with E-state index in [2.05, 4.69) is 41.5 Å². The number of carbonyl (C=O) groups excluding carboxylic acids is 1. The summed E-state index contributed by atoms with van der Waals surface area (Å²) in [5.74, 6) is 1.21. The number of nitrogens with one attached hydrogen (secondary N) is 2. The highest BCUT2D eigenvalue weighted by Gasteiger charge is 2.22. The van der Waals surface area contributed by atoms with Crippen molar-refractivity contribution in [1.29, 1.82) is 0 Å². The van der Waals surface area contributed by atoms with Gasteiger partial charge in [-0.25, -0.2) is 14.6 Å². The number of hydrogen-bond donors (Lipinski definition) is 2. The Morgan fingerprint density at radius 1 is 1.30 bits per heavy atom. The summed E-state index contributed by atoms with van der Waals surface area (Å²) in [5.41, 5.74) is 0.821. The van der Waals surface area contributed by atoms with E-state index in [1.54, 1.807) is 11.8 Å². The number of rotatable bonds is 9. The van der Waals surface area contributed by atoms with E-state index in [9.17, 15) is 4.79 Å². The Morgan fingerprint density at radius 3 is 2.78 bits per heavy atom. The van der Waals surface area contributed by atoms with Gasteiger partial charge in [-0.15, -0.1) is 0 Å². The summed E-state index contributed by atoms with van der Waals surface area (Å²) in [5, 5.41) is 13.0. The molecular weight excluding hydrogens is 360 g/mol. The third kappa shape index (κ3) is 5.12. The zero-order valence-electron chi connectivity index (χ0n) is 16.5. The minimum absolute atomic E-state index is 0.181. The van der Waals surface area contributed by atoms with E-state index >= 15 is 0 Å². The first-order chi connectivity index (χ1) is 13.1. The molecule has 1 aliphatic carbocycles. The SMILES string of the molecule is CCCNc1nc(SC(C)C)nc2c1cnn2CCNC(=O)C1CCCC1. The fourth-order valence-corrected chi connectivity index (χ4v) is 4.06. The number of carbonyl (C=O) groups is 1. The van der Waals surface area contributed by atoms with Crippen LogP contribution in [0.3, 0.4) is 0 Å². The highest BCUT2D eigenvalue weighted by molar-refractivity contribution is 7.99. The van der Waals surface area contributed by atoms with Crippen LogP contribution in [0, 0.1) is 5.92 Å². The van der Waals surface area contributed by atoms with E-state index in [1.807, 2.05) is 10.9 Å². The predicted molar refractivity (Wildman–Crippen MR) is 110 cm³/mol. The molecule has 0 radical (unpaired) electrons. The number of hydrogen-bond acceptors (Lipinski definition) is 6. The second kappa shape index (κ2) is 9.39. The molecule has 0 atom stereocenters. The van der Waals surface area contributed by atoms with Gasteiger partial charge in [0.2, 0.25) is 5.91 Å². The summed E-state index contributed by atoms with van der Waals surface area (Å²) in [4.78, 5) is 21.6. The topological polar surface area (TPSA) is 84.7 Å². The van der Waals surface area contributed by atoms with Crippen molar-refractivity contribution in [3.63, 3.8) is 0 Å². The van der Waals surface area contributed by atoms with E-state index in [0.717, 1.165) is 47.8 Å². The van der Waals surface area contributed by atoms with Crippen LogP contribution < -0.4 is 10.6 Å². The molecule has 0 aromatic carbocycles. The van der Waals surface area contributed by atoms with Gasteiger partial charge in [-0.3, -0.25) is 4.79 Å². The van der Waals surface area contributed by atoms with Crippen LogP contribution in [0.4, 0.5) is 5.82 Å². The third-order valence-corrected chi connectivity index (χ3v) is 5.57. The number of thioether (sulfide) groups is 1. The molecule has 1 aliphatic rings. The zero-order chi connectivity index (χ0) is 19.2. The second-order valence-electron chi connectivity index (χ2n) is 7.33. The van der Waals surface area contributed by atoms with E-state index in [4.69, 9.17) is 4.98 Å². The lowest BCUT2D eigenvalue weighted by molar-refractivity contribution is -0.124. The molecule has 1 saturated carbocycles. The third-order valence-electron chi connectivity index (χ3n) is 4.71. The van der Waals surface area contributed by atoms with Crippen LogP contribution in [0.2, 0.25) is 0 Å². The molecule has 8 heteroatoms. The van der Waals surface area contributed by atoms with Crippen LogP contribution in [-0.4, -0.2) is 44.0 Å². The molecule has 7 nitrogen and oxygen atoms in total. The van der Waals surface area contributed by atoms with Gasteiger partial charge in [0.15, 0.2) is 10.8 Å². The second-order valence-corrected chi connectivity index (χ2v) is 8.87. The van der Waals surface area contributed by atoms with Crippen LogP contribution in [0.5, 0.6) is 0 Å². The van der Waals surface area contributed by atoms with Gasteiger partial charge >= 0.3 is 0 Å². The maximum Gasteiger partial charge on any atom is 0.223 e. The molecule has 0 saturated heterocycles. The van der Waals surface area contributed by atoms with Crippen LogP contribution in [-0.2, 0) is 11.3 Å². The first-order valence-electron chi connectivity index (χ1n) is 10.00. The fourth-order valence-electron chi connectivity index (χ4n) is 3.36. The van der Waals surface area contributed by atoms with Gasteiger partial charge in [0.25, 0.3) is 0 Å². The van der Waals surface area contributed by atoms with Crippen LogP contribution in [0.25, 0.3) is 11.0 Å². The summed E-state index contributed by atoms with van der Waals surface area (Å²) < 4.78 is 1.87. The Hall–Kier alpha value is -1.83. The lowest BCUT2D eigenvalue weighted by Crippen LogP contribution is -2.32. The van der Waals surface area contributed by atoms with Crippen molar-refractivity contribution in [3.05, 3.63) is 6.20 Å². The van der Waals surface area contributed by atoms with E-state index < -0.39 is 0 Å². The molecule has 2 heterocycles. The van der Waals surface area contributed by atoms with Gasteiger partial charge in [-0.2, -0.15) is 5.10 Å². The van der Waals surface area contributed by atoms with Gasteiger partial charge < -0.3 is 10.6 Å². The number of anilines is 1. The minimum atomic E-state index is 0.181. The normalized spacial score (nSPS) is 15.0. The van der Waals surface area contributed by atoms with Gasteiger partial charge in [-0.1, -0.05) is 45.4 Å². The smallest absolute Gasteiger partial charge is 0.223 e. The van der Waals surface area contributed by atoms with Crippen molar-refractivity contribution >= 4 is 34.5 Å². The maximum absolute atomic E-state index is 12.2. The van der Waals surface area contributed by atoms with Gasteiger partial charge in [-0.05, 0) is 19.3 Å². The molecule has 1 amide bonds. The lowest BCUT2D eigenvalue weighted by atomic mass is 10.1. The molecule has 0 spiro atoms. The lowest BCUT2D eigenvalue weighted by Gasteiger charge is -2.12. The number of nitrogens with zero attached hydrogens (tertiary/aromatic N) is 4. The predicted octanol–water partition coefficient (Wildman–Crippen LogP) is 3.46. The average molecular weight is 391 g/mol. The molecule has 3 rings (SSSR count). The molecular formula is C19H30N6OS. The molecule has 0 unspecified atom stereocenters. The number of amides is 1. The highest BCUT2D eigenvalue weighted by Crippen LogP contribution is 2.27. The van der Waals surface area contributed by atoms with Gasteiger partial charge in [0.05, 0.1) is 18.1 Å². The average Bonchev–Trinajstić information content (AvgIpc) is 3.29. The first-order valence-corrected chi connectivity index (χ1v) is 10.9. The Bertz CT molecular complexity index is 769. The Morgan fingerprint density at radius 2 is 2.07 bits per heavy atom.